The number of nitrogens with zero attached hydrogens (tertiary/aromatic N) is 3. The summed E-state index contributed by atoms with van der Waals surface area (Å²) in [5.41, 5.74) is 1.08. The molecule has 0 atom stereocenters. The summed E-state index contributed by atoms with van der Waals surface area (Å²) in [4.78, 5) is 11.3. The third kappa shape index (κ3) is 2.78. The molecule has 0 amide bonds. The first-order valence-electron chi connectivity index (χ1n) is 8.93. The van der Waals surface area contributed by atoms with Crippen LogP contribution in [0.1, 0.15) is 25.7 Å². The van der Waals surface area contributed by atoms with Gasteiger partial charge in [-0.3, -0.25) is 0 Å². The number of aliphatic hydroxyl groups is 1. The van der Waals surface area contributed by atoms with Gasteiger partial charge in [0.15, 0.2) is 11.5 Å². The zero-order valence-electron chi connectivity index (χ0n) is 14.9. The van der Waals surface area contributed by atoms with Crippen molar-refractivity contribution in [3.63, 3.8) is 0 Å². The van der Waals surface area contributed by atoms with Crippen LogP contribution < -0.4 is 14.4 Å². The van der Waals surface area contributed by atoms with Gasteiger partial charge in [-0.05, 0) is 43.1 Å². The third-order valence-corrected chi connectivity index (χ3v) is 5.99. The maximum absolute atomic E-state index is 9.68. The van der Waals surface area contributed by atoms with Crippen LogP contribution in [-0.4, -0.2) is 49.0 Å². The van der Waals surface area contributed by atoms with E-state index in [9.17, 15) is 5.11 Å². The summed E-state index contributed by atoms with van der Waals surface area (Å²) in [5.74, 6) is 2.96. The fourth-order valence-corrected chi connectivity index (χ4v) is 4.18. The zero-order valence-corrected chi connectivity index (χ0v) is 14.9. The Kier molecular flexibility index (Phi) is 4.15. The summed E-state index contributed by atoms with van der Waals surface area (Å²) in [5, 5.41) is 10.7. The number of hydrogen-bond acceptors (Lipinski definition) is 6. The molecule has 25 heavy (non-hydrogen) atoms. The van der Waals surface area contributed by atoms with Crippen molar-refractivity contribution in [2.24, 2.45) is 11.3 Å². The molecule has 0 radical (unpaired) electrons. The number of ether oxygens (including phenoxy) is 2. The van der Waals surface area contributed by atoms with E-state index >= 15 is 0 Å². The van der Waals surface area contributed by atoms with Gasteiger partial charge in [-0.25, -0.2) is 9.97 Å². The second kappa shape index (κ2) is 6.33. The summed E-state index contributed by atoms with van der Waals surface area (Å²) >= 11 is 0. The number of benzene rings is 1. The molecule has 2 aliphatic rings. The van der Waals surface area contributed by atoms with E-state index in [4.69, 9.17) is 9.47 Å². The molecule has 1 saturated heterocycles. The van der Waals surface area contributed by atoms with Crippen LogP contribution in [0.2, 0.25) is 0 Å². The molecule has 0 spiro atoms. The SMILES string of the molecule is COc1cc2ncnc(N3CCC(C4(CO)CC4)CC3)c2cc1OC. The van der Waals surface area contributed by atoms with E-state index in [0.717, 1.165) is 42.7 Å². The molecule has 2 aromatic rings. The predicted octanol–water partition coefficient (Wildman–Crippen LogP) is 2.64. The van der Waals surface area contributed by atoms with Crippen LogP contribution in [0.4, 0.5) is 5.82 Å². The topological polar surface area (TPSA) is 67.7 Å². The van der Waals surface area contributed by atoms with E-state index in [1.165, 1.54) is 12.8 Å². The van der Waals surface area contributed by atoms with Crippen molar-refractivity contribution in [2.45, 2.75) is 25.7 Å². The Morgan fingerprint density at radius 2 is 1.80 bits per heavy atom. The lowest BCUT2D eigenvalue weighted by molar-refractivity contribution is 0.137. The van der Waals surface area contributed by atoms with Crippen molar-refractivity contribution in [1.29, 1.82) is 0 Å². The van der Waals surface area contributed by atoms with Crippen molar-refractivity contribution in [1.82, 2.24) is 9.97 Å². The molecule has 2 heterocycles. The molecule has 134 valence electrons. The number of methoxy groups -OCH3 is 2. The smallest absolute Gasteiger partial charge is 0.162 e. The van der Waals surface area contributed by atoms with Gasteiger partial charge in [0.25, 0.3) is 0 Å². The van der Waals surface area contributed by atoms with E-state index in [1.807, 2.05) is 12.1 Å². The van der Waals surface area contributed by atoms with Gasteiger partial charge in [-0.2, -0.15) is 0 Å². The normalized spacial score (nSPS) is 19.9. The summed E-state index contributed by atoms with van der Waals surface area (Å²) in [7, 11) is 3.27. The number of piperidine rings is 1. The summed E-state index contributed by atoms with van der Waals surface area (Å²) in [6, 6.07) is 3.86. The van der Waals surface area contributed by atoms with Crippen LogP contribution in [0.25, 0.3) is 10.9 Å². The molecule has 4 rings (SSSR count). The molecule has 1 saturated carbocycles. The van der Waals surface area contributed by atoms with Crippen molar-refractivity contribution < 1.29 is 14.6 Å². The molecule has 1 aliphatic carbocycles. The van der Waals surface area contributed by atoms with Gasteiger partial charge in [-0.15, -0.1) is 0 Å². The lowest BCUT2D eigenvalue weighted by Gasteiger charge is -2.36. The van der Waals surface area contributed by atoms with E-state index in [2.05, 4.69) is 14.9 Å². The van der Waals surface area contributed by atoms with Crippen molar-refractivity contribution in [3.05, 3.63) is 18.5 Å². The van der Waals surface area contributed by atoms with E-state index in [-0.39, 0.29) is 5.41 Å². The van der Waals surface area contributed by atoms with Gasteiger partial charge in [0.05, 0.1) is 19.7 Å². The number of hydrogen-bond donors (Lipinski definition) is 1. The molecule has 1 aromatic carbocycles. The van der Waals surface area contributed by atoms with E-state index in [0.29, 0.717) is 24.0 Å². The maximum atomic E-state index is 9.68. The first kappa shape index (κ1) is 16.4. The highest BCUT2D eigenvalue weighted by Crippen LogP contribution is 2.55. The zero-order chi connectivity index (χ0) is 17.4. The van der Waals surface area contributed by atoms with Crippen molar-refractivity contribution in [2.75, 3.05) is 38.8 Å². The fourth-order valence-electron chi connectivity index (χ4n) is 4.18. The summed E-state index contributed by atoms with van der Waals surface area (Å²) in [6.07, 6.45) is 6.20. The largest absolute Gasteiger partial charge is 0.493 e. The number of fused-ring (bicyclic) bond motifs is 1. The van der Waals surface area contributed by atoms with Gasteiger partial charge >= 0.3 is 0 Å². The molecular formula is C19H25N3O3. The molecule has 2 fully saturated rings. The molecule has 6 heteroatoms. The molecular weight excluding hydrogens is 318 g/mol. The summed E-state index contributed by atoms with van der Waals surface area (Å²) in [6.45, 7) is 2.27. The maximum Gasteiger partial charge on any atom is 0.162 e. The quantitative estimate of drug-likeness (QED) is 0.900. The highest BCUT2D eigenvalue weighted by atomic mass is 16.5. The number of aliphatic hydroxyl groups excluding tert-OH is 1. The number of rotatable bonds is 5. The molecule has 1 N–H and O–H groups in total. The van der Waals surface area contributed by atoms with Gasteiger partial charge in [-0.1, -0.05) is 0 Å². The summed E-state index contributed by atoms with van der Waals surface area (Å²) < 4.78 is 10.8. The fraction of sp³-hybridized carbons (Fsp3) is 0.579. The lowest BCUT2D eigenvalue weighted by atomic mass is 9.82. The molecule has 1 aromatic heterocycles. The number of aromatic nitrogens is 2. The van der Waals surface area contributed by atoms with Gasteiger partial charge in [0.1, 0.15) is 12.1 Å². The van der Waals surface area contributed by atoms with Crippen LogP contribution in [0, 0.1) is 11.3 Å². The van der Waals surface area contributed by atoms with Crippen molar-refractivity contribution in [3.8, 4) is 11.5 Å². The Bertz CT molecular complexity index is 768. The minimum atomic E-state index is 0.219. The molecule has 0 bridgehead atoms. The Morgan fingerprint density at radius 1 is 1.12 bits per heavy atom. The average Bonchev–Trinajstić information content (AvgIpc) is 3.48. The van der Waals surface area contributed by atoms with Crippen LogP contribution in [0.15, 0.2) is 18.5 Å². The first-order valence-corrected chi connectivity index (χ1v) is 8.93. The molecule has 6 nitrogen and oxygen atoms in total. The second-order valence-electron chi connectivity index (χ2n) is 7.20. The minimum absolute atomic E-state index is 0.219. The monoisotopic (exact) mass is 343 g/mol. The Morgan fingerprint density at radius 3 is 2.40 bits per heavy atom. The van der Waals surface area contributed by atoms with E-state index in [1.54, 1.807) is 20.5 Å². The van der Waals surface area contributed by atoms with Gasteiger partial charge < -0.3 is 19.5 Å². The average molecular weight is 343 g/mol. The highest BCUT2D eigenvalue weighted by molar-refractivity contribution is 5.92. The predicted molar refractivity (Wildman–Crippen MR) is 96.3 cm³/mol. The molecule has 0 unspecified atom stereocenters. The van der Waals surface area contributed by atoms with Gasteiger partial charge in [0, 0.05) is 31.1 Å². The number of anilines is 1. The third-order valence-electron chi connectivity index (χ3n) is 5.99. The van der Waals surface area contributed by atoms with Crippen LogP contribution >= 0.6 is 0 Å². The standard InChI is InChI=1S/C19H25N3O3/c1-24-16-9-14-15(10-17(16)25-2)20-12-21-18(14)22-7-3-13(4-8-22)19(11-23)5-6-19/h9-10,12-13,23H,3-8,11H2,1-2H3. The molecule has 1 aliphatic heterocycles. The Labute approximate surface area is 147 Å². The van der Waals surface area contributed by atoms with Crippen LogP contribution in [0.5, 0.6) is 11.5 Å². The van der Waals surface area contributed by atoms with Crippen LogP contribution in [-0.2, 0) is 0 Å². The second-order valence-corrected chi connectivity index (χ2v) is 7.20. The Hall–Kier alpha value is -2.08. The van der Waals surface area contributed by atoms with Crippen LogP contribution in [0.3, 0.4) is 0 Å². The first-order chi connectivity index (χ1) is 12.2. The van der Waals surface area contributed by atoms with Gasteiger partial charge in [0.2, 0.25) is 0 Å². The highest BCUT2D eigenvalue weighted by Gasteiger charge is 2.49. The Balaban J connectivity index is 1.61. The lowest BCUT2D eigenvalue weighted by Crippen LogP contribution is -2.38. The van der Waals surface area contributed by atoms with Crippen molar-refractivity contribution >= 4 is 16.7 Å². The minimum Gasteiger partial charge on any atom is -0.493 e. The van der Waals surface area contributed by atoms with E-state index < -0.39 is 0 Å².